The van der Waals surface area contributed by atoms with Crippen LogP contribution in [0.1, 0.15) is 44.9 Å². The van der Waals surface area contributed by atoms with Crippen molar-refractivity contribution in [3.05, 3.63) is 18.2 Å². The third-order valence-electron chi connectivity index (χ3n) is 4.70. The van der Waals surface area contributed by atoms with Gasteiger partial charge in [-0.05, 0) is 63.1 Å². The average molecular weight is 400 g/mol. The summed E-state index contributed by atoms with van der Waals surface area (Å²) in [4.78, 5) is 2.33. The minimum atomic E-state index is 0.415. The van der Waals surface area contributed by atoms with Crippen molar-refractivity contribution in [2.24, 2.45) is 0 Å². The van der Waals surface area contributed by atoms with Gasteiger partial charge in [0.1, 0.15) is 5.75 Å². The predicted octanol–water partition coefficient (Wildman–Crippen LogP) is 4.54. The molecule has 0 radical (unpaired) electrons. The zero-order chi connectivity index (χ0) is 14.7. The lowest BCUT2D eigenvalue weighted by Gasteiger charge is -2.31. The smallest absolute Gasteiger partial charge is 0.139 e. The predicted molar refractivity (Wildman–Crippen MR) is 97.9 cm³/mol. The Morgan fingerprint density at radius 3 is 2.48 bits per heavy atom. The maximum absolute atomic E-state index is 10.2. The minimum Gasteiger partial charge on any atom is -0.506 e. The summed E-state index contributed by atoms with van der Waals surface area (Å²) in [6, 6.07) is 6.58. The monoisotopic (exact) mass is 400 g/mol. The molecular formula is C17H25IN2O. The molecule has 116 valence electrons. The van der Waals surface area contributed by atoms with Crippen LogP contribution in [0.15, 0.2) is 18.2 Å². The summed E-state index contributed by atoms with van der Waals surface area (Å²) in [6.07, 6.45) is 8.92. The second-order valence-corrected chi connectivity index (χ2v) is 8.11. The van der Waals surface area contributed by atoms with E-state index in [-0.39, 0.29) is 0 Å². The van der Waals surface area contributed by atoms with Crippen molar-refractivity contribution < 1.29 is 5.11 Å². The highest BCUT2D eigenvalue weighted by Gasteiger charge is 2.20. The third-order valence-corrected chi connectivity index (χ3v) is 5.95. The molecule has 1 aliphatic carbocycles. The van der Waals surface area contributed by atoms with Gasteiger partial charge in [0.05, 0.1) is 5.69 Å². The lowest BCUT2D eigenvalue weighted by molar-refractivity contribution is 0.469. The first-order chi connectivity index (χ1) is 10.2. The van der Waals surface area contributed by atoms with Gasteiger partial charge >= 0.3 is 0 Å². The lowest BCUT2D eigenvalue weighted by Crippen LogP contribution is -2.30. The van der Waals surface area contributed by atoms with Gasteiger partial charge in [0.15, 0.2) is 0 Å². The Kier molecular flexibility index (Phi) is 5.14. The van der Waals surface area contributed by atoms with Crippen molar-refractivity contribution in [2.45, 2.75) is 54.9 Å². The van der Waals surface area contributed by atoms with Crippen LogP contribution in [0, 0.1) is 0 Å². The van der Waals surface area contributed by atoms with E-state index in [0.29, 0.717) is 11.8 Å². The van der Waals surface area contributed by atoms with E-state index < -0.39 is 0 Å². The molecule has 3 nitrogen and oxygen atoms in total. The molecule has 1 aliphatic heterocycles. The molecule has 1 heterocycles. The SMILES string of the molecule is Oc1ccc(NC2CCC(I)CC2)cc1N1CCCCC1. The molecule has 0 atom stereocenters. The van der Waals surface area contributed by atoms with Gasteiger partial charge in [-0.15, -0.1) is 0 Å². The van der Waals surface area contributed by atoms with E-state index in [1.54, 1.807) is 0 Å². The van der Waals surface area contributed by atoms with E-state index in [4.69, 9.17) is 0 Å². The zero-order valence-corrected chi connectivity index (χ0v) is 14.7. The number of benzene rings is 1. The molecule has 3 rings (SSSR count). The van der Waals surface area contributed by atoms with Crippen LogP contribution >= 0.6 is 22.6 Å². The Bertz CT molecular complexity index is 466. The highest BCUT2D eigenvalue weighted by molar-refractivity contribution is 14.1. The first kappa shape index (κ1) is 15.3. The molecule has 1 saturated heterocycles. The highest BCUT2D eigenvalue weighted by atomic mass is 127. The Morgan fingerprint density at radius 2 is 1.76 bits per heavy atom. The van der Waals surface area contributed by atoms with Crippen molar-refractivity contribution in [1.29, 1.82) is 0 Å². The van der Waals surface area contributed by atoms with E-state index in [2.05, 4.69) is 38.9 Å². The minimum absolute atomic E-state index is 0.415. The molecule has 0 aromatic heterocycles. The van der Waals surface area contributed by atoms with Crippen LogP contribution < -0.4 is 10.2 Å². The number of anilines is 2. The van der Waals surface area contributed by atoms with Crippen LogP contribution in [0.2, 0.25) is 0 Å². The Hall–Kier alpha value is -0.650. The van der Waals surface area contributed by atoms with Crippen molar-refractivity contribution in [3.63, 3.8) is 0 Å². The van der Waals surface area contributed by atoms with Crippen LogP contribution in [-0.2, 0) is 0 Å². The summed E-state index contributed by atoms with van der Waals surface area (Å²) in [5, 5.41) is 13.8. The number of phenols is 1. The van der Waals surface area contributed by atoms with Crippen molar-refractivity contribution >= 4 is 34.0 Å². The maximum Gasteiger partial charge on any atom is 0.139 e. The molecule has 2 fully saturated rings. The summed E-state index contributed by atoms with van der Waals surface area (Å²) in [6.45, 7) is 2.13. The van der Waals surface area contributed by atoms with Crippen molar-refractivity contribution in [3.8, 4) is 5.75 Å². The maximum atomic E-state index is 10.2. The molecule has 1 saturated carbocycles. The van der Waals surface area contributed by atoms with Crippen LogP contribution in [0.5, 0.6) is 5.75 Å². The van der Waals surface area contributed by atoms with Gasteiger partial charge in [-0.1, -0.05) is 22.6 Å². The van der Waals surface area contributed by atoms with Gasteiger partial charge in [-0.2, -0.15) is 0 Å². The fraction of sp³-hybridized carbons (Fsp3) is 0.647. The second-order valence-electron chi connectivity index (χ2n) is 6.34. The zero-order valence-electron chi connectivity index (χ0n) is 12.5. The summed E-state index contributed by atoms with van der Waals surface area (Å²) >= 11 is 2.57. The Balaban J connectivity index is 1.68. The molecule has 0 unspecified atom stereocenters. The largest absolute Gasteiger partial charge is 0.506 e. The molecule has 21 heavy (non-hydrogen) atoms. The van der Waals surface area contributed by atoms with Crippen LogP contribution in [0.4, 0.5) is 11.4 Å². The lowest BCUT2D eigenvalue weighted by atomic mass is 9.95. The molecule has 1 aromatic rings. The molecule has 2 aliphatic rings. The van der Waals surface area contributed by atoms with E-state index in [1.807, 2.05) is 12.1 Å². The summed E-state index contributed by atoms with van der Waals surface area (Å²) in [5.41, 5.74) is 2.16. The molecule has 0 amide bonds. The van der Waals surface area contributed by atoms with Crippen molar-refractivity contribution in [1.82, 2.24) is 0 Å². The number of aromatic hydroxyl groups is 1. The molecule has 1 aromatic carbocycles. The van der Waals surface area contributed by atoms with E-state index in [0.717, 1.165) is 28.4 Å². The number of hydrogen-bond acceptors (Lipinski definition) is 3. The van der Waals surface area contributed by atoms with Gasteiger partial charge in [-0.3, -0.25) is 0 Å². The number of piperidine rings is 1. The fourth-order valence-electron chi connectivity index (χ4n) is 3.43. The Morgan fingerprint density at radius 1 is 1.05 bits per heavy atom. The molecule has 0 bridgehead atoms. The van der Waals surface area contributed by atoms with E-state index in [1.165, 1.54) is 44.9 Å². The van der Waals surface area contributed by atoms with Crippen LogP contribution in [-0.4, -0.2) is 28.2 Å². The summed E-state index contributed by atoms with van der Waals surface area (Å²) < 4.78 is 0.851. The average Bonchev–Trinajstić information content (AvgIpc) is 2.52. The number of rotatable bonds is 3. The van der Waals surface area contributed by atoms with Gasteiger partial charge in [0.25, 0.3) is 0 Å². The fourth-order valence-corrected chi connectivity index (χ4v) is 4.15. The number of nitrogens with zero attached hydrogens (tertiary/aromatic N) is 1. The first-order valence-electron chi connectivity index (χ1n) is 8.21. The number of nitrogens with one attached hydrogen (secondary N) is 1. The molecule has 2 N–H and O–H groups in total. The third kappa shape index (κ3) is 3.96. The number of phenolic OH excluding ortho intramolecular Hbond substituents is 1. The van der Waals surface area contributed by atoms with Crippen molar-refractivity contribution in [2.75, 3.05) is 23.3 Å². The molecular weight excluding hydrogens is 375 g/mol. The van der Waals surface area contributed by atoms with Gasteiger partial charge in [-0.25, -0.2) is 0 Å². The summed E-state index contributed by atoms with van der Waals surface area (Å²) in [5.74, 6) is 0.415. The summed E-state index contributed by atoms with van der Waals surface area (Å²) in [7, 11) is 0. The number of hydrogen-bond donors (Lipinski definition) is 2. The van der Waals surface area contributed by atoms with Gasteiger partial charge in [0.2, 0.25) is 0 Å². The molecule has 4 heteroatoms. The van der Waals surface area contributed by atoms with Gasteiger partial charge in [0, 0.05) is 28.7 Å². The Labute approximate surface area is 141 Å². The number of alkyl halides is 1. The normalized spacial score (nSPS) is 26.6. The first-order valence-corrected chi connectivity index (χ1v) is 9.45. The second kappa shape index (κ2) is 7.07. The van der Waals surface area contributed by atoms with Crippen LogP contribution in [0.25, 0.3) is 0 Å². The standard InChI is InChI=1S/C17H25IN2O/c18-13-4-6-14(7-5-13)19-15-8-9-17(21)16(12-15)20-10-2-1-3-11-20/h8-9,12-14,19,21H,1-7,10-11H2. The van der Waals surface area contributed by atoms with E-state index in [9.17, 15) is 5.11 Å². The molecule has 0 spiro atoms. The quantitative estimate of drug-likeness (QED) is 0.444. The number of halogens is 1. The van der Waals surface area contributed by atoms with Gasteiger partial charge < -0.3 is 15.3 Å². The van der Waals surface area contributed by atoms with Crippen LogP contribution in [0.3, 0.4) is 0 Å². The van der Waals surface area contributed by atoms with E-state index >= 15 is 0 Å². The topological polar surface area (TPSA) is 35.5 Å². The highest BCUT2D eigenvalue weighted by Crippen LogP contribution is 2.33.